The van der Waals surface area contributed by atoms with E-state index in [0.29, 0.717) is 42.6 Å². The molecule has 0 unspecified atom stereocenters. The number of rotatable bonds is 7. The lowest BCUT2D eigenvalue weighted by Gasteiger charge is -2.36. The van der Waals surface area contributed by atoms with Crippen molar-refractivity contribution in [3.63, 3.8) is 0 Å². The monoisotopic (exact) mass is 403 g/mol. The highest BCUT2D eigenvalue weighted by molar-refractivity contribution is 6.30. The van der Waals surface area contributed by atoms with Gasteiger partial charge >= 0.3 is 0 Å². The van der Waals surface area contributed by atoms with Crippen LogP contribution in [0, 0.1) is 5.92 Å². The van der Waals surface area contributed by atoms with Crippen molar-refractivity contribution in [3.8, 4) is 5.75 Å². The zero-order chi connectivity index (χ0) is 20.0. The lowest BCUT2D eigenvalue weighted by atomic mass is 9.79. The molecule has 0 atom stereocenters. The number of phenols is 1. The van der Waals surface area contributed by atoms with E-state index in [1.807, 2.05) is 24.3 Å². The zero-order valence-corrected chi connectivity index (χ0v) is 16.5. The van der Waals surface area contributed by atoms with E-state index in [2.05, 4.69) is 5.32 Å². The van der Waals surface area contributed by atoms with E-state index in [4.69, 9.17) is 16.3 Å². The molecule has 1 amide bonds. The number of phenolic OH excluding ortho intramolecular Hbond substituents is 1. The van der Waals surface area contributed by atoms with Crippen LogP contribution in [-0.4, -0.2) is 34.9 Å². The first-order chi connectivity index (χ1) is 13.4. The largest absolute Gasteiger partial charge is 0.508 e. The molecule has 0 saturated heterocycles. The van der Waals surface area contributed by atoms with Crippen molar-refractivity contribution in [1.29, 1.82) is 0 Å². The van der Waals surface area contributed by atoms with Gasteiger partial charge in [-0.15, -0.1) is 0 Å². The molecule has 1 fully saturated rings. The van der Waals surface area contributed by atoms with Crippen molar-refractivity contribution >= 4 is 17.5 Å². The van der Waals surface area contributed by atoms with Crippen LogP contribution in [0.1, 0.15) is 41.6 Å². The molecule has 0 aromatic heterocycles. The molecular formula is C22H26ClNO4. The molecule has 1 aliphatic rings. The summed E-state index contributed by atoms with van der Waals surface area (Å²) in [6, 6.07) is 13.7. The lowest BCUT2D eigenvalue weighted by Crippen LogP contribution is -2.45. The Morgan fingerprint density at radius 3 is 2.39 bits per heavy atom. The summed E-state index contributed by atoms with van der Waals surface area (Å²) in [6.45, 7) is 1.45. The maximum atomic E-state index is 12.2. The molecule has 3 N–H and O–H groups in total. The van der Waals surface area contributed by atoms with E-state index >= 15 is 0 Å². The highest BCUT2D eigenvalue weighted by atomic mass is 35.5. The number of aromatic hydroxyl groups is 1. The fourth-order valence-corrected chi connectivity index (χ4v) is 3.57. The first-order valence-electron chi connectivity index (χ1n) is 9.55. The molecule has 5 nitrogen and oxygen atoms in total. The third-order valence-electron chi connectivity index (χ3n) is 5.28. The van der Waals surface area contributed by atoms with Gasteiger partial charge in [0.25, 0.3) is 5.91 Å². The highest BCUT2D eigenvalue weighted by Gasteiger charge is 2.33. The lowest BCUT2D eigenvalue weighted by molar-refractivity contribution is -0.0238. The second kappa shape index (κ2) is 9.41. The average molecular weight is 404 g/mol. The highest BCUT2D eigenvalue weighted by Crippen LogP contribution is 2.32. The summed E-state index contributed by atoms with van der Waals surface area (Å²) in [5.41, 5.74) is 0.679. The summed E-state index contributed by atoms with van der Waals surface area (Å²) < 4.78 is 5.82. The molecule has 28 heavy (non-hydrogen) atoms. The van der Waals surface area contributed by atoms with Crippen molar-refractivity contribution in [2.45, 2.75) is 37.9 Å². The first kappa shape index (κ1) is 20.6. The van der Waals surface area contributed by atoms with E-state index in [0.717, 1.165) is 18.4 Å². The van der Waals surface area contributed by atoms with Crippen molar-refractivity contribution in [1.82, 2.24) is 5.32 Å². The SMILES string of the molecule is O=C(NC[C@]1(O)CC[C@@H](COCc2ccc(Cl)cc2)CC1)c1ccc(O)cc1. The van der Waals surface area contributed by atoms with Crippen molar-refractivity contribution < 1.29 is 19.7 Å². The van der Waals surface area contributed by atoms with Gasteiger partial charge in [-0.3, -0.25) is 4.79 Å². The molecule has 1 aliphatic carbocycles. The number of amides is 1. The van der Waals surface area contributed by atoms with Crippen molar-refractivity contribution in [2.24, 2.45) is 5.92 Å². The third-order valence-corrected chi connectivity index (χ3v) is 5.53. The fourth-order valence-electron chi connectivity index (χ4n) is 3.44. The van der Waals surface area contributed by atoms with Crippen LogP contribution in [0.2, 0.25) is 5.02 Å². The number of nitrogens with one attached hydrogen (secondary N) is 1. The molecule has 150 valence electrons. The molecule has 1 saturated carbocycles. The topological polar surface area (TPSA) is 78.8 Å². The molecule has 0 aliphatic heterocycles. The van der Waals surface area contributed by atoms with Gasteiger partial charge in [0.05, 0.1) is 12.2 Å². The van der Waals surface area contributed by atoms with Gasteiger partial charge in [-0.05, 0) is 73.6 Å². The Hall–Kier alpha value is -2.08. The molecule has 2 aromatic carbocycles. The molecule has 6 heteroatoms. The molecule has 0 heterocycles. The van der Waals surface area contributed by atoms with Gasteiger partial charge in [0.1, 0.15) is 5.75 Å². The molecule has 3 rings (SSSR count). The summed E-state index contributed by atoms with van der Waals surface area (Å²) in [6.07, 6.45) is 3.01. The predicted molar refractivity (Wildman–Crippen MR) is 108 cm³/mol. The molecular weight excluding hydrogens is 378 g/mol. The van der Waals surface area contributed by atoms with Gasteiger partial charge in [-0.25, -0.2) is 0 Å². The normalized spacial score (nSPS) is 22.0. The number of hydrogen-bond acceptors (Lipinski definition) is 4. The summed E-state index contributed by atoms with van der Waals surface area (Å²) in [5, 5.41) is 23.6. The first-order valence-corrected chi connectivity index (χ1v) is 9.93. The Morgan fingerprint density at radius 1 is 1.11 bits per heavy atom. The molecule has 0 spiro atoms. The minimum atomic E-state index is -0.876. The Labute approximate surface area is 170 Å². The number of aliphatic hydroxyl groups is 1. The Balaban J connectivity index is 1.38. The van der Waals surface area contributed by atoms with Gasteiger partial charge < -0.3 is 20.3 Å². The predicted octanol–water partition coefficient (Wildman–Crippen LogP) is 3.91. The van der Waals surface area contributed by atoms with Crippen LogP contribution < -0.4 is 5.32 Å². The van der Waals surface area contributed by atoms with E-state index in [9.17, 15) is 15.0 Å². The van der Waals surface area contributed by atoms with Crippen LogP contribution >= 0.6 is 11.6 Å². The maximum absolute atomic E-state index is 12.2. The van der Waals surface area contributed by atoms with Gasteiger partial charge in [0.2, 0.25) is 0 Å². The minimum absolute atomic E-state index is 0.117. The molecule has 0 radical (unpaired) electrons. The van der Waals surface area contributed by atoms with Crippen LogP contribution in [0.25, 0.3) is 0 Å². The number of halogens is 1. The number of carbonyl (C=O) groups is 1. The van der Waals surface area contributed by atoms with Gasteiger partial charge in [-0.1, -0.05) is 23.7 Å². The van der Waals surface area contributed by atoms with Crippen LogP contribution in [0.4, 0.5) is 0 Å². The molecule has 2 aromatic rings. The van der Waals surface area contributed by atoms with E-state index < -0.39 is 5.60 Å². The van der Waals surface area contributed by atoms with Crippen LogP contribution in [0.15, 0.2) is 48.5 Å². The van der Waals surface area contributed by atoms with Crippen molar-refractivity contribution in [3.05, 3.63) is 64.7 Å². The summed E-state index contributed by atoms with van der Waals surface area (Å²) in [5.74, 6) is 0.286. The quantitative estimate of drug-likeness (QED) is 0.654. The fraction of sp³-hybridized carbons (Fsp3) is 0.409. The van der Waals surface area contributed by atoms with E-state index in [1.165, 1.54) is 12.1 Å². The third kappa shape index (κ3) is 5.96. The standard InChI is InChI=1S/C22H26ClNO4/c23-19-5-1-16(2-6-19)13-28-14-17-9-11-22(27,12-10-17)15-24-21(26)18-3-7-20(25)8-4-18/h1-8,17,25,27H,9-15H2,(H,24,26)/t17-,22+. The van der Waals surface area contributed by atoms with Crippen LogP contribution in [0.5, 0.6) is 5.75 Å². The number of carbonyl (C=O) groups excluding carboxylic acids is 1. The summed E-state index contributed by atoms with van der Waals surface area (Å²) in [4.78, 5) is 12.2. The van der Waals surface area contributed by atoms with Gasteiger partial charge in [0, 0.05) is 23.7 Å². The second-order valence-electron chi connectivity index (χ2n) is 7.54. The second-order valence-corrected chi connectivity index (χ2v) is 7.98. The number of hydrogen-bond donors (Lipinski definition) is 3. The number of benzene rings is 2. The Bertz CT molecular complexity index is 768. The van der Waals surface area contributed by atoms with Gasteiger partial charge in [-0.2, -0.15) is 0 Å². The average Bonchev–Trinajstić information content (AvgIpc) is 2.70. The van der Waals surface area contributed by atoms with Crippen LogP contribution in [0.3, 0.4) is 0 Å². The minimum Gasteiger partial charge on any atom is -0.508 e. The summed E-state index contributed by atoms with van der Waals surface area (Å²) in [7, 11) is 0. The van der Waals surface area contributed by atoms with E-state index in [1.54, 1.807) is 12.1 Å². The maximum Gasteiger partial charge on any atom is 0.251 e. The van der Waals surface area contributed by atoms with Crippen LogP contribution in [-0.2, 0) is 11.3 Å². The number of ether oxygens (including phenoxy) is 1. The Morgan fingerprint density at radius 2 is 1.75 bits per heavy atom. The zero-order valence-electron chi connectivity index (χ0n) is 15.7. The molecule has 0 bridgehead atoms. The Kier molecular flexibility index (Phi) is 6.94. The van der Waals surface area contributed by atoms with E-state index in [-0.39, 0.29) is 18.2 Å². The van der Waals surface area contributed by atoms with Crippen molar-refractivity contribution in [2.75, 3.05) is 13.2 Å². The summed E-state index contributed by atoms with van der Waals surface area (Å²) >= 11 is 5.88. The smallest absolute Gasteiger partial charge is 0.251 e. The van der Waals surface area contributed by atoms with Gasteiger partial charge in [0.15, 0.2) is 0 Å².